The van der Waals surface area contributed by atoms with Crippen LogP contribution in [0.25, 0.3) is 22.4 Å². The van der Waals surface area contributed by atoms with E-state index in [0.717, 1.165) is 11.1 Å². The Balaban J connectivity index is 1.49. The Labute approximate surface area is 144 Å². The molecule has 26 heavy (non-hydrogen) atoms. The zero-order valence-electron chi connectivity index (χ0n) is 13.4. The van der Waals surface area contributed by atoms with Crippen molar-refractivity contribution < 1.29 is 22.5 Å². The molecule has 132 valence electrons. The minimum Gasteiger partial charge on any atom is -0.485 e. The minimum absolute atomic E-state index is 0.0716. The molecule has 0 aliphatic heterocycles. The monoisotopic (exact) mass is 359 g/mol. The first-order valence-corrected chi connectivity index (χ1v) is 7.52. The Morgan fingerprint density at radius 2 is 1.96 bits per heavy atom. The van der Waals surface area contributed by atoms with Crippen LogP contribution in [0.3, 0.4) is 0 Å². The van der Waals surface area contributed by atoms with Crippen LogP contribution in [-0.2, 0) is 6.61 Å². The van der Waals surface area contributed by atoms with Gasteiger partial charge in [0.15, 0.2) is 11.4 Å². The molecule has 0 saturated heterocycles. The van der Waals surface area contributed by atoms with Crippen LogP contribution in [0.4, 0.5) is 8.78 Å². The molecule has 0 saturated carbocycles. The van der Waals surface area contributed by atoms with Crippen molar-refractivity contribution in [3.63, 3.8) is 0 Å². The van der Waals surface area contributed by atoms with Gasteiger partial charge in [-0.05, 0) is 19.1 Å². The van der Waals surface area contributed by atoms with Gasteiger partial charge in [-0.3, -0.25) is 0 Å². The van der Waals surface area contributed by atoms with E-state index in [0.29, 0.717) is 22.7 Å². The highest BCUT2D eigenvalue weighted by Crippen LogP contribution is 2.29. The van der Waals surface area contributed by atoms with Crippen LogP contribution in [0.1, 0.15) is 23.8 Å². The molecule has 8 nitrogen and oxygen atoms in total. The number of hydrogen-bond acceptors (Lipinski definition) is 8. The third kappa shape index (κ3) is 2.96. The summed E-state index contributed by atoms with van der Waals surface area (Å²) < 4.78 is 40.8. The minimum atomic E-state index is -2.83. The van der Waals surface area contributed by atoms with Gasteiger partial charge in [0.25, 0.3) is 11.8 Å². The Bertz CT molecular complexity index is 1050. The molecule has 0 bridgehead atoms. The standard InChI is InChI=1S/C16H11F2N5O3/c1-8-13-10(3-2-4-11(13)26-23-8)24-7-12-19-5-9(6-20-12)15-21-22-16(25-15)14(17)18/h2-6,14H,7H2,1H3. The van der Waals surface area contributed by atoms with Gasteiger partial charge in [-0.15, -0.1) is 10.2 Å². The fraction of sp³-hybridized carbons (Fsp3) is 0.188. The lowest BCUT2D eigenvalue weighted by Gasteiger charge is -2.06. The number of fused-ring (bicyclic) bond motifs is 1. The molecule has 0 radical (unpaired) electrons. The fourth-order valence-corrected chi connectivity index (χ4v) is 2.35. The SMILES string of the molecule is Cc1noc2cccc(OCc3ncc(-c4nnc(C(F)F)o4)cn3)c12. The Hall–Kier alpha value is -3.43. The van der Waals surface area contributed by atoms with Crippen LogP contribution in [0.5, 0.6) is 5.75 Å². The van der Waals surface area contributed by atoms with E-state index >= 15 is 0 Å². The summed E-state index contributed by atoms with van der Waals surface area (Å²) in [5, 5.41) is 11.5. The molecule has 0 aliphatic rings. The third-order valence-electron chi connectivity index (χ3n) is 3.57. The maximum absolute atomic E-state index is 12.5. The molecule has 0 fully saturated rings. The van der Waals surface area contributed by atoms with Gasteiger partial charge in [-0.25, -0.2) is 9.97 Å². The molecule has 0 N–H and O–H groups in total. The summed E-state index contributed by atoms with van der Waals surface area (Å²) in [6.07, 6.45) is -0.0206. The molecule has 0 aliphatic carbocycles. The number of nitrogens with zero attached hydrogens (tertiary/aromatic N) is 5. The zero-order valence-corrected chi connectivity index (χ0v) is 13.4. The normalized spacial score (nSPS) is 11.4. The van der Waals surface area contributed by atoms with E-state index in [2.05, 4.69) is 25.3 Å². The average Bonchev–Trinajstić information content (AvgIpc) is 3.28. The topological polar surface area (TPSA) is 100.0 Å². The summed E-state index contributed by atoms with van der Waals surface area (Å²) in [7, 11) is 0. The zero-order chi connectivity index (χ0) is 18.1. The molecule has 0 spiro atoms. The van der Waals surface area contributed by atoms with Crippen molar-refractivity contribution in [3.8, 4) is 17.2 Å². The predicted molar refractivity (Wildman–Crippen MR) is 83.4 cm³/mol. The number of benzene rings is 1. The quantitative estimate of drug-likeness (QED) is 0.534. The van der Waals surface area contributed by atoms with E-state index in [4.69, 9.17) is 13.7 Å². The first-order chi connectivity index (χ1) is 12.6. The van der Waals surface area contributed by atoms with E-state index in [1.165, 1.54) is 12.4 Å². The number of rotatable bonds is 5. The summed E-state index contributed by atoms with van der Waals surface area (Å²) in [6.45, 7) is 1.93. The number of alkyl halides is 2. The number of aromatic nitrogens is 5. The molecule has 4 rings (SSSR count). The van der Waals surface area contributed by atoms with Crippen molar-refractivity contribution in [1.29, 1.82) is 0 Å². The maximum Gasteiger partial charge on any atom is 0.314 e. The smallest absolute Gasteiger partial charge is 0.314 e. The van der Waals surface area contributed by atoms with E-state index in [1.54, 1.807) is 18.2 Å². The average molecular weight is 359 g/mol. The molecular formula is C16H11F2N5O3. The lowest BCUT2D eigenvalue weighted by atomic mass is 10.2. The van der Waals surface area contributed by atoms with Crippen molar-refractivity contribution in [3.05, 3.63) is 48.0 Å². The van der Waals surface area contributed by atoms with Crippen molar-refractivity contribution in [1.82, 2.24) is 25.3 Å². The molecule has 10 heteroatoms. The predicted octanol–water partition coefficient (Wildman–Crippen LogP) is 3.49. The van der Waals surface area contributed by atoms with E-state index in [1.807, 2.05) is 6.92 Å². The third-order valence-corrected chi connectivity index (χ3v) is 3.57. The molecule has 0 unspecified atom stereocenters. The largest absolute Gasteiger partial charge is 0.485 e. The second kappa shape index (κ2) is 6.47. The highest BCUT2D eigenvalue weighted by atomic mass is 19.3. The van der Waals surface area contributed by atoms with Gasteiger partial charge in [-0.2, -0.15) is 8.78 Å². The first-order valence-electron chi connectivity index (χ1n) is 7.52. The van der Waals surface area contributed by atoms with E-state index < -0.39 is 12.3 Å². The summed E-state index contributed by atoms with van der Waals surface area (Å²) >= 11 is 0. The van der Waals surface area contributed by atoms with Crippen molar-refractivity contribution in [2.75, 3.05) is 0 Å². The number of ether oxygens (including phenoxy) is 1. The van der Waals surface area contributed by atoms with Gasteiger partial charge in [0, 0.05) is 12.4 Å². The van der Waals surface area contributed by atoms with Crippen LogP contribution in [-0.4, -0.2) is 25.3 Å². The van der Waals surface area contributed by atoms with Crippen LogP contribution >= 0.6 is 0 Å². The van der Waals surface area contributed by atoms with Gasteiger partial charge in [-0.1, -0.05) is 11.2 Å². The van der Waals surface area contributed by atoms with Gasteiger partial charge < -0.3 is 13.7 Å². The second-order valence-corrected chi connectivity index (χ2v) is 5.32. The summed E-state index contributed by atoms with van der Waals surface area (Å²) in [5.74, 6) is 0.183. The Kier molecular flexibility index (Phi) is 3.99. The molecule has 3 heterocycles. The fourth-order valence-electron chi connectivity index (χ4n) is 2.35. The van der Waals surface area contributed by atoms with Gasteiger partial charge in [0.2, 0.25) is 0 Å². The van der Waals surface area contributed by atoms with Crippen LogP contribution in [0.2, 0.25) is 0 Å². The maximum atomic E-state index is 12.5. The highest BCUT2D eigenvalue weighted by Gasteiger charge is 2.17. The van der Waals surface area contributed by atoms with Gasteiger partial charge in [0.1, 0.15) is 12.4 Å². The van der Waals surface area contributed by atoms with Crippen LogP contribution < -0.4 is 4.74 Å². The molecular weight excluding hydrogens is 348 g/mol. The lowest BCUT2D eigenvalue weighted by Crippen LogP contribution is -2.01. The van der Waals surface area contributed by atoms with Crippen molar-refractivity contribution in [2.45, 2.75) is 20.0 Å². The van der Waals surface area contributed by atoms with Gasteiger partial charge in [0.05, 0.1) is 16.6 Å². The Morgan fingerprint density at radius 3 is 2.69 bits per heavy atom. The molecule has 4 aromatic rings. The van der Waals surface area contributed by atoms with E-state index in [-0.39, 0.29) is 12.5 Å². The number of hydrogen-bond donors (Lipinski definition) is 0. The van der Waals surface area contributed by atoms with E-state index in [9.17, 15) is 8.78 Å². The Morgan fingerprint density at radius 1 is 1.15 bits per heavy atom. The summed E-state index contributed by atoms with van der Waals surface area (Å²) in [5.41, 5.74) is 1.69. The van der Waals surface area contributed by atoms with Crippen LogP contribution in [0, 0.1) is 6.92 Å². The highest BCUT2D eigenvalue weighted by molar-refractivity contribution is 5.85. The number of aryl methyl sites for hydroxylation is 1. The second-order valence-electron chi connectivity index (χ2n) is 5.32. The first kappa shape index (κ1) is 16.1. The van der Waals surface area contributed by atoms with Crippen LogP contribution in [0.15, 0.2) is 39.5 Å². The summed E-state index contributed by atoms with van der Waals surface area (Å²) in [4.78, 5) is 8.25. The van der Waals surface area contributed by atoms with Crippen molar-refractivity contribution >= 4 is 11.0 Å². The van der Waals surface area contributed by atoms with Crippen molar-refractivity contribution in [2.24, 2.45) is 0 Å². The number of halogens is 2. The molecule has 0 amide bonds. The molecule has 3 aromatic heterocycles. The molecule has 0 atom stereocenters. The molecule has 1 aromatic carbocycles. The van der Waals surface area contributed by atoms with Gasteiger partial charge >= 0.3 is 6.43 Å². The lowest BCUT2D eigenvalue weighted by molar-refractivity contribution is 0.116. The summed E-state index contributed by atoms with van der Waals surface area (Å²) in [6, 6.07) is 5.39.